The third-order valence-electron chi connectivity index (χ3n) is 8.35. The molecule has 0 saturated carbocycles. The smallest absolute Gasteiger partial charge is 0.248 e. The van der Waals surface area contributed by atoms with Crippen LogP contribution in [0.25, 0.3) is 0 Å². The van der Waals surface area contributed by atoms with Crippen molar-refractivity contribution in [1.29, 1.82) is 0 Å². The van der Waals surface area contributed by atoms with Gasteiger partial charge in [0.1, 0.15) is 0 Å². The molecule has 6 nitrogen and oxygen atoms in total. The highest BCUT2D eigenvalue weighted by Gasteiger charge is 2.31. The summed E-state index contributed by atoms with van der Waals surface area (Å²) in [7, 11) is 0. The van der Waals surface area contributed by atoms with Crippen LogP contribution in [0.5, 0.6) is 0 Å². The van der Waals surface area contributed by atoms with Gasteiger partial charge in [-0.2, -0.15) is 0 Å². The standard InChI is InChI=1S/C19H24N2O.C15H15NO.C4H9N/c1-14-8-3-5-11-17(14)21(18-12-6-4-9-15(18)2)19(22)16-10-7-13-20-16;1-12-7-3-5-9-14(12)16(11-17)15-10-6-4-8-13(15)2;1-2-4-5-3-1/h3,5,8-9,11-12,16,20H,4,6-7,10,13H2,1-2H3;3-11H,1-2H3;5H,1-4H2/t16-;;/m1../s1. The van der Waals surface area contributed by atoms with Crippen molar-refractivity contribution in [3.05, 3.63) is 113 Å². The monoisotopic (exact) mass is 592 g/mol. The van der Waals surface area contributed by atoms with Crippen molar-refractivity contribution in [1.82, 2.24) is 10.6 Å². The lowest BCUT2D eigenvalue weighted by Crippen LogP contribution is -2.44. The van der Waals surface area contributed by atoms with Crippen molar-refractivity contribution < 1.29 is 9.59 Å². The summed E-state index contributed by atoms with van der Waals surface area (Å²) >= 11 is 0. The quantitative estimate of drug-likeness (QED) is 0.288. The molecule has 3 aromatic rings. The van der Waals surface area contributed by atoms with E-state index in [0.717, 1.165) is 78.1 Å². The predicted octanol–water partition coefficient (Wildman–Crippen LogP) is 7.67. The van der Waals surface area contributed by atoms with Crippen molar-refractivity contribution in [3.8, 4) is 0 Å². The molecule has 2 N–H and O–H groups in total. The van der Waals surface area contributed by atoms with Crippen molar-refractivity contribution in [3.63, 3.8) is 0 Å². The predicted molar refractivity (Wildman–Crippen MR) is 183 cm³/mol. The number of carbonyl (C=O) groups is 2. The zero-order valence-corrected chi connectivity index (χ0v) is 26.8. The molecular formula is C38H48N4O2. The Morgan fingerprint density at radius 2 is 1.23 bits per heavy atom. The van der Waals surface area contributed by atoms with Gasteiger partial charge in [0.25, 0.3) is 0 Å². The number of carbonyl (C=O) groups excluding carboxylic acids is 2. The molecule has 2 heterocycles. The minimum atomic E-state index is -0.0600. The molecule has 2 aliphatic heterocycles. The maximum atomic E-state index is 13.1. The second-order valence-electron chi connectivity index (χ2n) is 11.7. The molecule has 3 aromatic carbocycles. The Morgan fingerprint density at radius 1 is 0.705 bits per heavy atom. The molecule has 232 valence electrons. The van der Waals surface area contributed by atoms with Crippen molar-refractivity contribution in [2.45, 2.75) is 72.3 Å². The summed E-state index contributed by atoms with van der Waals surface area (Å²) in [4.78, 5) is 28.1. The molecule has 3 aliphatic rings. The molecule has 1 aliphatic carbocycles. The zero-order valence-electron chi connectivity index (χ0n) is 26.8. The first-order chi connectivity index (χ1) is 21.4. The molecular weight excluding hydrogens is 544 g/mol. The van der Waals surface area contributed by atoms with Crippen molar-refractivity contribution >= 4 is 29.4 Å². The van der Waals surface area contributed by atoms with E-state index in [4.69, 9.17) is 0 Å². The van der Waals surface area contributed by atoms with E-state index in [1.807, 2.05) is 85.5 Å². The van der Waals surface area contributed by atoms with Crippen molar-refractivity contribution in [2.75, 3.05) is 29.4 Å². The average molecular weight is 593 g/mol. The fourth-order valence-corrected chi connectivity index (χ4v) is 5.82. The van der Waals surface area contributed by atoms with E-state index >= 15 is 0 Å². The van der Waals surface area contributed by atoms with E-state index in [2.05, 4.69) is 42.7 Å². The fraction of sp³-hybridized carbons (Fsp3) is 0.368. The molecule has 2 fully saturated rings. The number of hydrogen-bond donors (Lipinski definition) is 2. The van der Waals surface area contributed by atoms with E-state index in [-0.39, 0.29) is 11.9 Å². The van der Waals surface area contributed by atoms with E-state index < -0.39 is 0 Å². The fourth-order valence-electron chi connectivity index (χ4n) is 5.82. The Bertz CT molecular complexity index is 1400. The van der Waals surface area contributed by atoms with Gasteiger partial charge in [-0.3, -0.25) is 19.4 Å². The highest BCUT2D eigenvalue weighted by molar-refractivity contribution is 6.01. The lowest BCUT2D eigenvalue weighted by Gasteiger charge is -2.31. The van der Waals surface area contributed by atoms with Crippen LogP contribution in [-0.4, -0.2) is 38.0 Å². The zero-order chi connectivity index (χ0) is 31.3. The highest BCUT2D eigenvalue weighted by Crippen LogP contribution is 2.32. The van der Waals surface area contributed by atoms with Gasteiger partial charge < -0.3 is 10.6 Å². The largest absolute Gasteiger partial charge is 0.317 e. The molecule has 6 rings (SSSR count). The van der Waals surface area contributed by atoms with Crippen LogP contribution in [-0.2, 0) is 9.59 Å². The first-order valence-electron chi connectivity index (χ1n) is 16.0. The van der Waals surface area contributed by atoms with E-state index in [1.54, 1.807) is 4.90 Å². The topological polar surface area (TPSA) is 64.7 Å². The third kappa shape index (κ3) is 8.55. The summed E-state index contributed by atoms with van der Waals surface area (Å²) in [5.41, 5.74) is 8.41. The average Bonchev–Trinajstić information content (AvgIpc) is 3.80. The van der Waals surface area contributed by atoms with Gasteiger partial charge in [0.15, 0.2) is 0 Å². The van der Waals surface area contributed by atoms with Gasteiger partial charge in [0.05, 0.1) is 23.1 Å². The summed E-state index contributed by atoms with van der Waals surface area (Å²) < 4.78 is 0. The van der Waals surface area contributed by atoms with Crippen LogP contribution in [0.1, 0.15) is 62.1 Å². The van der Waals surface area contributed by atoms with Crippen LogP contribution in [0.2, 0.25) is 0 Å². The molecule has 1 atom stereocenters. The molecule has 0 bridgehead atoms. The summed E-state index contributed by atoms with van der Waals surface area (Å²) in [6.07, 6.45) is 12.1. The Balaban J connectivity index is 0.000000177. The molecule has 44 heavy (non-hydrogen) atoms. The minimum absolute atomic E-state index is 0.0600. The number of hydrogen-bond acceptors (Lipinski definition) is 4. The molecule has 0 aromatic heterocycles. The number of allylic oxidation sites excluding steroid dienone is 3. The number of anilines is 3. The normalized spacial score (nSPS) is 17.2. The number of nitrogens with one attached hydrogen (secondary N) is 2. The number of para-hydroxylation sites is 3. The molecule has 2 saturated heterocycles. The second kappa shape index (κ2) is 16.7. The first-order valence-corrected chi connectivity index (χ1v) is 16.0. The summed E-state index contributed by atoms with van der Waals surface area (Å²) in [5.74, 6) is 0.174. The van der Waals surface area contributed by atoms with Gasteiger partial charge in [-0.05, 0) is 126 Å². The maximum absolute atomic E-state index is 13.1. The van der Waals surface area contributed by atoms with Gasteiger partial charge in [-0.15, -0.1) is 0 Å². The third-order valence-corrected chi connectivity index (χ3v) is 8.35. The Kier molecular flexibility index (Phi) is 12.5. The number of amides is 2. The number of rotatable bonds is 6. The van der Waals surface area contributed by atoms with E-state index in [0.29, 0.717) is 0 Å². The number of benzene rings is 3. The molecule has 2 amide bonds. The minimum Gasteiger partial charge on any atom is -0.317 e. The first kappa shape index (κ1) is 32.9. The van der Waals surface area contributed by atoms with Gasteiger partial charge in [0.2, 0.25) is 12.3 Å². The SMILES string of the molecule is C1CCNC1.CC1=CCCC=C1N(C(=O)[C@H]1CCCN1)c1ccccc1C.Cc1ccccc1N(C=O)c1ccccc1C. The Morgan fingerprint density at radius 3 is 1.66 bits per heavy atom. The van der Waals surface area contributed by atoms with Crippen LogP contribution < -0.4 is 20.4 Å². The lowest BCUT2D eigenvalue weighted by molar-refractivity contribution is -0.119. The molecule has 0 spiro atoms. The molecule has 0 unspecified atom stereocenters. The van der Waals surface area contributed by atoms with E-state index in [9.17, 15) is 9.59 Å². The van der Waals surface area contributed by atoms with Gasteiger partial charge >= 0.3 is 0 Å². The van der Waals surface area contributed by atoms with Crippen molar-refractivity contribution in [2.24, 2.45) is 0 Å². The number of nitrogens with zero attached hydrogens (tertiary/aromatic N) is 2. The molecule has 6 heteroatoms. The second-order valence-corrected chi connectivity index (χ2v) is 11.7. The summed E-state index contributed by atoms with van der Waals surface area (Å²) in [6, 6.07) is 23.8. The maximum Gasteiger partial charge on any atom is 0.248 e. The van der Waals surface area contributed by atoms with Gasteiger partial charge in [-0.1, -0.05) is 66.7 Å². The molecule has 0 radical (unpaired) electrons. The summed E-state index contributed by atoms with van der Waals surface area (Å²) in [6.45, 7) is 11.6. The van der Waals surface area contributed by atoms with Crippen LogP contribution in [0.3, 0.4) is 0 Å². The van der Waals surface area contributed by atoms with Crippen LogP contribution >= 0.6 is 0 Å². The van der Waals surface area contributed by atoms with Crippen LogP contribution in [0.15, 0.2) is 96.2 Å². The Hall–Kier alpha value is -4.00. The highest BCUT2D eigenvalue weighted by atomic mass is 16.2. The number of aryl methyl sites for hydroxylation is 3. The van der Waals surface area contributed by atoms with Gasteiger partial charge in [-0.25, -0.2) is 0 Å². The van der Waals surface area contributed by atoms with E-state index in [1.165, 1.54) is 31.5 Å². The Labute approximate surface area is 263 Å². The summed E-state index contributed by atoms with van der Waals surface area (Å²) in [5, 5.41) is 6.56. The lowest BCUT2D eigenvalue weighted by atomic mass is 10.0. The van der Waals surface area contributed by atoms with Crippen LogP contribution in [0, 0.1) is 20.8 Å². The van der Waals surface area contributed by atoms with Gasteiger partial charge in [0, 0.05) is 5.70 Å². The van der Waals surface area contributed by atoms with Crippen LogP contribution in [0.4, 0.5) is 17.1 Å².